The summed E-state index contributed by atoms with van der Waals surface area (Å²) in [4.78, 5) is 24.4. The van der Waals surface area contributed by atoms with E-state index < -0.39 is 5.97 Å². The van der Waals surface area contributed by atoms with Crippen molar-refractivity contribution in [1.29, 1.82) is 0 Å². The van der Waals surface area contributed by atoms with E-state index in [-0.39, 0.29) is 12.3 Å². The Morgan fingerprint density at radius 1 is 1.39 bits per heavy atom. The fourth-order valence-electron chi connectivity index (χ4n) is 2.38. The molecule has 0 aromatic carbocycles. The number of aliphatic carboxylic acids is 1. The first-order chi connectivity index (χ1) is 8.63. The molecular formula is C13H23NO3S. The Morgan fingerprint density at radius 2 is 2.17 bits per heavy atom. The van der Waals surface area contributed by atoms with E-state index in [0.717, 1.165) is 38.1 Å². The number of hydrogen-bond acceptors (Lipinski definition) is 3. The molecule has 0 aromatic rings. The molecule has 1 amide bonds. The Morgan fingerprint density at radius 3 is 2.83 bits per heavy atom. The van der Waals surface area contributed by atoms with Crippen molar-refractivity contribution in [2.24, 2.45) is 5.92 Å². The number of carboxylic acid groups (broad SMARTS) is 1. The van der Waals surface area contributed by atoms with E-state index in [1.807, 2.05) is 11.2 Å². The lowest BCUT2D eigenvalue weighted by Gasteiger charge is -2.32. The van der Waals surface area contributed by atoms with Crippen molar-refractivity contribution < 1.29 is 14.7 Å². The molecule has 0 aromatic heterocycles. The molecule has 0 bridgehead atoms. The summed E-state index contributed by atoms with van der Waals surface area (Å²) in [5.41, 5.74) is 0. The molecule has 5 heteroatoms. The summed E-state index contributed by atoms with van der Waals surface area (Å²) in [7, 11) is 0. The fourth-order valence-corrected chi connectivity index (χ4v) is 2.81. The van der Waals surface area contributed by atoms with E-state index in [2.05, 4.69) is 0 Å². The average Bonchev–Trinajstić information content (AvgIpc) is 2.37. The Bertz CT molecular complexity index is 283. The zero-order chi connectivity index (χ0) is 13.4. The van der Waals surface area contributed by atoms with Crippen LogP contribution in [0.3, 0.4) is 0 Å². The molecule has 18 heavy (non-hydrogen) atoms. The summed E-state index contributed by atoms with van der Waals surface area (Å²) in [5, 5.41) is 8.68. The fraction of sp³-hybridized carbons (Fsp3) is 0.846. The lowest BCUT2D eigenvalue weighted by molar-refractivity contribution is -0.137. The molecule has 1 aliphatic rings. The maximum Gasteiger partial charge on any atom is 0.303 e. The second kappa shape index (κ2) is 8.40. The number of nitrogens with zero attached hydrogens (tertiary/aromatic N) is 1. The van der Waals surface area contributed by atoms with E-state index in [0.29, 0.717) is 18.8 Å². The van der Waals surface area contributed by atoms with Crippen LogP contribution in [-0.2, 0) is 9.59 Å². The van der Waals surface area contributed by atoms with Crippen molar-refractivity contribution in [3.8, 4) is 0 Å². The van der Waals surface area contributed by atoms with E-state index in [9.17, 15) is 9.59 Å². The second-order valence-electron chi connectivity index (χ2n) is 4.88. The van der Waals surface area contributed by atoms with E-state index in [1.54, 1.807) is 11.8 Å². The molecule has 0 radical (unpaired) electrons. The molecule has 1 heterocycles. The van der Waals surface area contributed by atoms with Gasteiger partial charge in [-0.3, -0.25) is 9.59 Å². The predicted molar refractivity (Wildman–Crippen MR) is 73.8 cm³/mol. The SMILES string of the molecule is CSCCCC(=O)N1CCC[C@H](CCC(=O)O)C1. The number of hydrogen-bond donors (Lipinski definition) is 1. The Kier molecular flexibility index (Phi) is 7.16. The third kappa shape index (κ3) is 5.76. The van der Waals surface area contributed by atoms with Gasteiger partial charge >= 0.3 is 5.97 Å². The van der Waals surface area contributed by atoms with Gasteiger partial charge in [0.15, 0.2) is 0 Å². The lowest BCUT2D eigenvalue weighted by Crippen LogP contribution is -2.40. The minimum absolute atomic E-state index is 0.221. The maximum atomic E-state index is 12.0. The first-order valence-corrected chi connectivity index (χ1v) is 8.01. The number of rotatable bonds is 7. The number of thioether (sulfide) groups is 1. The van der Waals surface area contributed by atoms with Crippen molar-refractivity contribution in [3.05, 3.63) is 0 Å². The molecule has 104 valence electrons. The minimum Gasteiger partial charge on any atom is -0.481 e. The van der Waals surface area contributed by atoms with Gasteiger partial charge in [0.1, 0.15) is 0 Å². The minimum atomic E-state index is -0.738. The zero-order valence-electron chi connectivity index (χ0n) is 11.1. The highest BCUT2D eigenvalue weighted by atomic mass is 32.2. The van der Waals surface area contributed by atoms with Crippen molar-refractivity contribution in [1.82, 2.24) is 4.90 Å². The summed E-state index contributed by atoms with van der Waals surface area (Å²) in [6.07, 6.45) is 6.61. The third-order valence-corrected chi connectivity index (χ3v) is 4.07. The number of piperidine rings is 1. The number of carbonyl (C=O) groups is 2. The van der Waals surface area contributed by atoms with Crippen LogP contribution in [0.25, 0.3) is 0 Å². The molecule has 4 nitrogen and oxygen atoms in total. The van der Waals surface area contributed by atoms with Crippen LogP contribution < -0.4 is 0 Å². The first-order valence-electron chi connectivity index (χ1n) is 6.62. The van der Waals surface area contributed by atoms with Crippen LogP contribution in [0.4, 0.5) is 0 Å². The number of amides is 1. The van der Waals surface area contributed by atoms with Gasteiger partial charge in [-0.15, -0.1) is 0 Å². The number of likely N-dealkylation sites (tertiary alicyclic amines) is 1. The lowest BCUT2D eigenvalue weighted by atomic mass is 9.93. The summed E-state index contributed by atoms with van der Waals surface area (Å²) < 4.78 is 0. The number of carboxylic acids is 1. The molecular weight excluding hydrogens is 250 g/mol. The summed E-state index contributed by atoms with van der Waals surface area (Å²) in [6.45, 7) is 1.60. The highest BCUT2D eigenvalue weighted by Gasteiger charge is 2.23. The zero-order valence-corrected chi connectivity index (χ0v) is 11.9. The van der Waals surface area contributed by atoms with Gasteiger partial charge in [0.25, 0.3) is 0 Å². The molecule has 0 aliphatic carbocycles. The molecule has 1 rings (SSSR count). The number of carbonyl (C=O) groups excluding carboxylic acids is 1. The average molecular weight is 273 g/mol. The summed E-state index contributed by atoms with van der Waals surface area (Å²) >= 11 is 1.77. The monoisotopic (exact) mass is 273 g/mol. The van der Waals surface area contributed by atoms with Gasteiger partial charge in [-0.2, -0.15) is 11.8 Å². The topological polar surface area (TPSA) is 57.6 Å². The maximum absolute atomic E-state index is 12.0. The first kappa shape index (κ1) is 15.3. The molecule has 0 saturated carbocycles. The molecule has 0 unspecified atom stereocenters. The van der Waals surface area contributed by atoms with Crippen molar-refractivity contribution in [2.45, 2.75) is 38.5 Å². The van der Waals surface area contributed by atoms with Gasteiger partial charge in [-0.1, -0.05) is 0 Å². The van der Waals surface area contributed by atoms with Crippen LogP contribution in [0.5, 0.6) is 0 Å². The van der Waals surface area contributed by atoms with Gasteiger partial charge in [0.05, 0.1) is 0 Å². The van der Waals surface area contributed by atoms with Crippen molar-refractivity contribution >= 4 is 23.6 Å². The smallest absolute Gasteiger partial charge is 0.303 e. The van der Waals surface area contributed by atoms with Crippen molar-refractivity contribution in [2.75, 3.05) is 25.1 Å². The molecule has 0 spiro atoms. The van der Waals surface area contributed by atoms with Gasteiger partial charge in [-0.25, -0.2) is 0 Å². The van der Waals surface area contributed by atoms with Crippen LogP contribution >= 0.6 is 11.8 Å². The van der Waals surface area contributed by atoms with Crippen molar-refractivity contribution in [3.63, 3.8) is 0 Å². The Hall–Kier alpha value is -0.710. The quantitative estimate of drug-likeness (QED) is 0.723. The van der Waals surface area contributed by atoms with E-state index >= 15 is 0 Å². The van der Waals surface area contributed by atoms with Gasteiger partial charge < -0.3 is 10.0 Å². The van der Waals surface area contributed by atoms with E-state index in [1.165, 1.54) is 0 Å². The molecule has 1 saturated heterocycles. The summed E-state index contributed by atoms with van der Waals surface area (Å²) in [5.74, 6) is 0.906. The molecule has 1 atom stereocenters. The molecule has 1 fully saturated rings. The predicted octanol–water partition coefficient (Wildman–Crippen LogP) is 2.23. The normalized spacial score (nSPS) is 19.8. The Balaban J connectivity index is 2.28. The standard InChI is InChI=1S/C13H23NO3S/c1-18-9-3-5-12(15)14-8-2-4-11(10-14)6-7-13(16)17/h11H,2-10H2,1H3,(H,16,17)/t11-/m1/s1. The Labute approximate surface area is 113 Å². The van der Waals surface area contributed by atoms with Gasteiger partial charge in [0, 0.05) is 25.9 Å². The van der Waals surface area contributed by atoms with Gasteiger partial charge in [-0.05, 0) is 43.6 Å². The second-order valence-corrected chi connectivity index (χ2v) is 5.86. The molecule has 1 N–H and O–H groups in total. The largest absolute Gasteiger partial charge is 0.481 e. The highest BCUT2D eigenvalue weighted by Crippen LogP contribution is 2.21. The summed E-state index contributed by atoms with van der Waals surface area (Å²) in [6, 6.07) is 0. The van der Waals surface area contributed by atoms with Crippen LogP contribution in [-0.4, -0.2) is 47.0 Å². The third-order valence-electron chi connectivity index (χ3n) is 3.38. The highest BCUT2D eigenvalue weighted by molar-refractivity contribution is 7.98. The molecule has 1 aliphatic heterocycles. The van der Waals surface area contributed by atoms with Crippen LogP contribution in [0, 0.1) is 5.92 Å². The van der Waals surface area contributed by atoms with Crippen LogP contribution in [0.1, 0.15) is 38.5 Å². The van der Waals surface area contributed by atoms with Gasteiger partial charge in [0.2, 0.25) is 5.91 Å². The van der Waals surface area contributed by atoms with E-state index in [4.69, 9.17) is 5.11 Å². The van der Waals surface area contributed by atoms with Crippen LogP contribution in [0.15, 0.2) is 0 Å². The van der Waals surface area contributed by atoms with Crippen LogP contribution in [0.2, 0.25) is 0 Å².